The van der Waals surface area contributed by atoms with Gasteiger partial charge < -0.3 is 25.2 Å². The predicted octanol–water partition coefficient (Wildman–Crippen LogP) is 2.25. The van der Waals surface area contributed by atoms with Crippen molar-refractivity contribution in [3.63, 3.8) is 0 Å². The summed E-state index contributed by atoms with van der Waals surface area (Å²) < 4.78 is 5.62. The van der Waals surface area contributed by atoms with Crippen molar-refractivity contribution in [3.8, 4) is 0 Å². The van der Waals surface area contributed by atoms with E-state index >= 15 is 0 Å². The van der Waals surface area contributed by atoms with Crippen LogP contribution in [0.2, 0.25) is 0 Å². The van der Waals surface area contributed by atoms with Gasteiger partial charge in [0.25, 0.3) is 0 Å². The molecule has 0 spiro atoms. The fourth-order valence-electron chi connectivity index (χ4n) is 2.85. The molecule has 1 aliphatic rings. The molecule has 0 amide bonds. The molecule has 0 saturated carbocycles. The predicted molar refractivity (Wildman–Crippen MR) is 99.2 cm³/mol. The van der Waals surface area contributed by atoms with Gasteiger partial charge in [0.05, 0.1) is 31.5 Å². The van der Waals surface area contributed by atoms with Crippen molar-refractivity contribution in [1.29, 1.82) is 0 Å². The largest absolute Gasteiger partial charge is 0.393 e. The highest BCUT2D eigenvalue weighted by atomic mass is 16.6. The number of aliphatic hydroxyl groups excluding tert-OH is 4. The maximum atomic E-state index is 10.4. The molecule has 0 aliphatic carbocycles. The topological polar surface area (TPSA) is 93.5 Å². The molecule has 1 fully saturated rings. The van der Waals surface area contributed by atoms with Crippen molar-refractivity contribution < 1.29 is 25.2 Å². The third-order valence-electron chi connectivity index (χ3n) is 4.84. The zero-order valence-electron chi connectivity index (χ0n) is 15.9. The van der Waals surface area contributed by atoms with Crippen molar-refractivity contribution in [2.24, 2.45) is 0 Å². The van der Waals surface area contributed by atoms with Crippen LogP contribution in [-0.4, -0.2) is 57.6 Å². The van der Waals surface area contributed by atoms with E-state index in [4.69, 9.17) is 9.84 Å². The molecule has 4 atom stereocenters. The number of hydrogen-bond acceptors (Lipinski definition) is 5. The summed E-state index contributed by atoms with van der Waals surface area (Å²) in [7, 11) is 0. The molecule has 144 valence electrons. The second-order valence-electron chi connectivity index (χ2n) is 7.22. The smallest absolute Gasteiger partial charge is 0.144 e. The number of rotatable bonds is 11. The number of hydrogen-bond donors (Lipinski definition) is 4. The summed E-state index contributed by atoms with van der Waals surface area (Å²) >= 11 is 0. The zero-order valence-corrected chi connectivity index (χ0v) is 15.9. The minimum Gasteiger partial charge on any atom is -0.393 e. The van der Waals surface area contributed by atoms with Crippen molar-refractivity contribution in [1.82, 2.24) is 0 Å². The maximum absolute atomic E-state index is 10.4. The lowest BCUT2D eigenvalue weighted by atomic mass is 9.92. The first-order valence-electron chi connectivity index (χ1n) is 8.98. The van der Waals surface area contributed by atoms with E-state index in [2.05, 4.69) is 0 Å². The molecule has 4 N–H and O–H groups in total. The first kappa shape index (κ1) is 22.1. The second-order valence-corrected chi connectivity index (χ2v) is 7.22. The second kappa shape index (κ2) is 10.2. The quantitative estimate of drug-likeness (QED) is 0.337. The Morgan fingerprint density at radius 3 is 2.28 bits per heavy atom. The average molecular weight is 354 g/mol. The van der Waals surface area contributed by atoms with Gasteiger partial charge in [0.1, 0.15) is 5.60 Å². The molecule has 5 heteroatoms. The summed E-state index contributed by atoms with van der Waals surface area (Å²) in [6.07, 6.45) is 6.35. The fourth-order valence-corrected chi connectivity index (χ4v) is 2.85. The van der Waals surface area contributed by atoms with Crippen molar-refractivity contribution >= 4 is 0 Å². The molecule has 1 saturated heterocycles. The minimum atomic E-state index is -0.902. The third-order valence-corrected chi connectivity index (χ3v) is 4.84. The van der Waals surface area contributed by atoms with Gasteiger partial charge in [0, 0.05) is 0 Å². The summed E-state index contributed by atoms with van der Waals surface area (Å²) in [6, 6.07) is 0. The molecule has 25 heavy (non-hydrogen) atoms. The Balaban J connectivity index is 2.54. The van der Waals surface area contributed by atoms with E-state index in [-0.39, 0.29) is 19.3 Å². The lowest BCUT2D eigenvalue weighted by Crippen LogP contribution is -2.35. The van der Waals surface area contributed by atoms with Crippen LogP contribution >= 0.6 is 0 Å². The monoisotopic (exact) mass is 354 g/mol. The number of allylic oxidation sites excluding steroid dienone is 2. The molecular weight excluding hydrogens is 320 g/mol. The Morgan fingerprint density at radius 1 is 1.04 bits per heavy atom. The van der Waals surface area contributed by atoms with Gasteiger partial charge in [-0.1, -0.05) is 29.4 Å². The third kappa shape index (κ3) is 6.68. The van der Waals surface area contributed by atoms with E-state index < -0.39 is 17.8 Å². The number of ether oxygens (including phenoxy) is 1. The summed E-state index contributed by atoms with van der Waals surface area (Å²) in [4.78, 5) is 0. The maximum Gasteiger partial charge on any atom is 0.144 e. The van der Waals surface area contributed by atoms with Crippen LogP contribution in [0.15, 0.2) is 34.9 Å². The van der Waals surface area contributed by atoms with Crippen LogP contribution in [0.1, 0.15) is 53.4 Å². The first-order valence-corrected chi connectivity index (χ1v) is 8.98. The first-order chi connectivity index (χ1) is 11.8. The minimum absolute atomic E-state index is 0.0181. The zero-order chi connectivity index (χ0) is 19.0. The Labute approximate surface area is 151 Å². The normalized spacial score (nSPS) is 26.3. The van der Waals surface area contributed by atoms with E-state index in [9.17, 15) is 15.3 Å². The Morgan fingerprint density at radius 2 is 1.72 bits per heavy atom. The Hall–Kier alpha value is -0.980. The van der Waals surface area contributed by atoms with E-state index in [1.807, 2.05) is 39.8 Å². The van der Waals surface area contributed by atoms with Gasteiger partial charge in [-0.15, -0.1) is 0 Å². The van der Waals surface area contributed by atoms with Crippen molar-refractivity contribution in [3.05, 3.63) is 34.9 Å². The Bertz CT molecular complexity index is 504. The molecule has 1 aliphatic heterocycles. The molecule has 0 aromatic rings. The van der Waals surface area contributed by atoms with Crippen LogP contribution in [0, 0.1) is 0 Å². The van der Waals surface area contributed by atoms with E-state index in [1.165, 1.54) is 0 Å². The molecule has 0 radical (unpaired) electrons. The van der Waals surface area contributed by atoms with Gasteiger partial charge in [-0.3, -0.25) is 0 Å². The van der Waals surface area contributed by atoms with E-state index in [1.54, 1.807) is 6.08 Å². The van der Waals surface area contributed by atoms with Gasteiger partial charge in [-0.2, -0.15) is 0 Å². The molecule has 0 aromatic heterocycles. The molecule has 0 bridgehead atoms. The van der Waals surface area contributed by atoms with Gasteiger partial charge in [-0.25, -0.2) is 0 Å². The van der Waals surface area contributed by atoms with Crippen LogP contribution < -0.4 is 0 Å². The van der Waals surface area contributed by atoms with Crippen LogP contribution in [-0.2, 0) is 4.74 Å². The molecule has 1 rings (SSSR count). The van der Waals surface area contributed by atoms with Crippen molar-refractivity contribution in [2.45, 2.75) is 77.3 Å². The lowest BCUT2D eigenvalue weighted by molar-refractivity contribution is 0.0384. The van der Waals surface area contributed by atoms with Gasteiger partial charge in [0.15, 0.2) is 0 Å². The molecular formula is C20H34O5. The van der Waals surface area contributed by atoms with Gasteiger partial charge in [-0.05, 0) is 59.0 Å². The van der Waals surface area contributed by atoms with Crippen molar-refractivity contribution in [2.75, 3.05) is 13.2 Å². The SMILES string of the molecule is CC(C)=CCC(O)C(C)=CCC(O)C1(CO)OC1CCC(C)=CCO. The summed E-state index contributed by atoms with van der Waals surface area (Å²) in [5, 5.41) is 39.1. The Kier molecular flexibility index (Phi) is 9.03. The number of epoxide rings is 1. The fraction of sp³-hybridized carbons (Fsp3) is 0.700. The summed E-state index contributed by atoms with van der Waals surface area (Å²) in [5.41, 5.74) is 2.13. The van der Waals surface area contributed by atoms with Crippen LogP contribution in [0.5, 0.6) is 0 Å². The highest BCUT2D eigenvalue weighted by Gasteiger charge is 2.59. The summed E-state index contributed by atoms with van der Waals surface area (Å²) in [6.45, 7) is 7.55. The van der Waals surface area contributed by atoms with Crippen LogP contribution in [0.3, 0.4) is 0 Å². The van der Waals surface area contributed by atoms with Gasteiger partial charge >= 0.3 is 0 Å². The van der Waals surface area contributed by atoms with Gasteiger partial charge in [0.2, 0.25) is 0 Å². The highest BCUT2D eigenvalue weighted by molar-refractivity contribution is 5.14. The lowest BCUT2D eigenvalue weighted by Gasteiger charge is -2.17. The molecule has 5 nitrogen and oxygen atoms in total. The highest BCUT2D eigenvalue weighted by Crippen LogP contribution is 2.44. The summed E-state index contributed by atoms with van der Waals surface area (Å²) in [5.74, 6) is 0. The van der Waals surface area contributed by atoms with Crippen LogP contribution in [0.25, 0.3) is 0 Å². The standard InChI is InChI=1S/C20H34O5/c1-14(2)5-8-17(23)16(4)7-9-18(24)20(13-22)19(25-20)10-6-15(3)11-12-21/h5,7,11,17-19,21-24H,6,8-10,12-13H2,1-4H3. The van der Waals surface area contributed by atoms with E-state index in [0.29, 0.717) is 19.3 Å². The average Bonchev–Trinajstić information content (AvgIpc) is 3.30. The van der Waals surface area contributed by atoms with E-state index in [0.717, 1.165) is 23.1 Å². The number of aliphatic hydroxyl groups is 4. The molecule has 1 heterocycles. The molecule has 4 unspecified atom stereocenters. The molecule has 0 aromatic carbocycles. The van der Waals surface area contributed by atoms with Crippen LogP contribution in [0.4, 0.5) is 0 Å².